The summed E-state index contributed by atoms with van der Waals surface area (Å²) in [6.45, 7) is -0.169. The molecule has 1 N–H and O–H groups in total. The lowest BCUT2D eigenvalue weighted by molar-refractivity contribution is -0.0670. The SMILES string of the molecule is CNCC(F)(F)C1CCCCC1. The van der Waals surface area contributed by atoms with Gasteiger partial charge in [0.15, 0.2) is 0 Å². The summed E-state index contributed by atoms with van der Waals surface area (Å²) in [6.07, 6.45) is 4.49. The molecule has 0 aromatic heterocycles. The van der Waals surface area contributed by atoms with Crippen molar-refractivity contribution in [3.8, 4) is 0 Å². The Bertz CT molecular complexity index is 130. The van der Waals surface area contributed by atoms with E-state index >= 15 is 0 Å². The van der Waals surface area contributed by atoms with Crippen molar-refractivity contribution in [3.63, 3.8) is 0 Å². The molecule has 1 aliphatic carbocycles. The first kappa shape index (κ1) is 9.90. The highest BCUT2D eigenvalue weighted by molar-refractivity contribution is 4.81. The van der Waals surface area contributed by atoms with Gasteiger partial charge in [0.2, 0.25) is 0 Å². The third-order valence-corrected chi connectivity index (χ3v) is 2.61. The second-order valence-electron chi connectivity index (χ2n) is 3.63. The molecule has 0 radical (unpaired) electrons. The molecule has 0 unspecified atom stereocenters. The zero-order chi connectivity index (χ0) is 9.03. The van der Waals surface area contributed by atoms with Gasteiger partial charge in [0.25, 0.3) is 5.92 Å². The Kier molecular flexibility index (Phi) is 3.44. The van der Waals surface area contributed by atoms with Crippen molar-refractivity contribution in [2.45, 2.75) is 38.0 Å². The molecule has 0 aromatic rings. The van der Waals surface area contributed by atoms with E-state index in [9.17, 15) is 8.78 Å². The lowest BCUT2D eigenvalue weighted by atomic mass is 9.84. The highest BCUT2D eigenvalue weighted by atomic mass is 19.3. The van der Waals surface area contributed by atoms with E-state index in [1.54, 1.807) is 7.05 Å². The van der Waals surface area contributed by atoms with Crippen LogP contribution in [-0.4, -0.2) is 19.5 Å². The number of nitrogens with one attached hydrogen (secondary N) is 1. The first-order valence-electron chi connectivity index (χ1n) is 4.69. The molecular formula is C9H17F2N. The molecule has 0 bridgehead atoms. The molecule has 1 saturated carbocycles. The molecule has 0 amide bonds. The molecule has 0 aliphatic heterocycles. The van der Waals surface area contributed by atoms with Crippen molar-refractivity contribution in [2.24, 2.45) is 5.92 Å². The standard InChI is InChI=1S/C9H17F2N/c1-12-7-9(10,11)8-5-3-2-4-6-8/h8,12H,2-7H2,1H3. The van der Waals surface area contributed by atoms with Gasteiger partial charge in [-0.3, -0.25) is 0 Å². The molecule has 1 nitrogen and oxygen atoms in total. The van der Waals surface area contributed by atoms with Crippen LogP contribution in [0.4, 0.5) is 8.78 Å². The highest BCUT2D eigenvalue weighted by Crippen LogP contribution is 2.35. The van der Waals surface area contributed by atoms with Crippen molar-refractivity contribution in [2.75, 3.05) is 13.6 Å². The number of hydrogen-bond acceptors (Lipinski definition) is 1. The average Bonchev–Trinajstić information content (AvgIpc) is 2.06. The van der Waals surface area contributed by atoms with E-state index in [1.807, 2.05) is 0 Å². The van der Waals surface area contributed by atoms with E-state index in [2.05, 4.69) is 5.32 Å². The van der Waals surface area contributed by atoms with Gasteiger partial charge < -0.3 is 5.32 Å². The summed E-state index contributed by atoms with van der Waals surface area (Å²) in [7, 11) is 1.58. The Balaban J connectivity index is 2.41. The van der Waals surface area contributed by atoms with E-state index in [-0.39, 0.29) is 12.5 Å². The molecule has 0 spiro atoms. The second kappa shape index (κ2) is 4.17. The van der Waals surface area contributed by atoms with Gasteiger partial charge in [-0.25, -0.2) is 8.78 Å². The maximum Gasteiger partial charge on any atom is 0.263 e. The van der Waals surface area contributed by atoms with E-state index < -0.39 is 5.92 Å². The zero-order valence-corrected chi connectivity index (χ0v) is 7.58. The Hall–Kier alpha value is -0.180. The monoisotopic (exact) mass is 177 g/mol. The quantitative estimate of drug-likeness (QED) is 0.698. The third-order valence-electron chi connectivity index (χ3n) is 2.61. The smallest absolute Gasteiger partial charge is 0.263 e. The van der Waals surface area contributed by atoms with Crippen LogP contribution in [0.3, 0.4) is 0 Å². The summed E-state index contributed by atoms with van der Waals surface area (Å²) >= 11 is 0. The average molecular weight is 177 g/mol. The number of hydrogen-bond donors (Lipinski definition) is 1. The van der Waals surface area contributed by atoms with Crippen LogP contribution >= 0.6 is 0 Å². The molecule has 0 saturated heterocycles. The largest absolute Gasteiger partial charge is 0.314 e. The van der Waals surface area contributed by atoms with E-state index in [0.717, 1.165) is 19.3 Å². The van der Waals surface area contributed by atoms with Crippen molar-refractivity contribution in [1.82, 2.24) is 5.32 Å². The molecular weight excluding hydrogens is 160 g/mol. The van der Waals surface area contributed by atoms with Crippen LogP contribution in [0.1, 0.15) is 32.1 Å². The van der Waals surface area contributed by atoms with Gasteiger partial charge in [-0.15, -0.1) is 0 Å². The molecule has 1 rings (SSSR count). The van der Waals surface area contributed by atoms with Crippen molar-refractivity contribution >= 4 is 0 Å². The molecule has 0 aromatic carbocycles. The van der Waals surface area contributed by atoms with Crippen LogP contribution in [0.15, 0.2) is 0 Å². The van der Waals surface area contributed by atoms with Gasteiger partial charge in [-0.1, -0.05) is 19.3 Å². The Labute approximate surface area is 72.5 Å². The first-order chi connectivity index (χ1) is 5.67. The maximum atomic E-state index is 13.2. The van der Waals surface area contributed by atoms with E-state index in [0.29, 0.717) is 12.8 Å². The summed E-state index contributed by atoms with van der Waals surface area (Å²) in [4.78, 5) is 0. The van der Waals surface area contributed by atoms with Crippen LogP contribution in [-0.2, 0) is 0 Å². The Morgan fingerprint density at radius 3 is 2.33 bits per heavy atom. The van der Waals surface area contributed by atoms with Crippen LogP contribution in [0.2, 0.25) is 0 Å². The van der Waals surface area contributed by atoms with E-state index in [1.165, 1.54) is 0 Å². The van der Waals surface area contributed by atoms with Crippen molar-refractivity contribution < 1.29 is 8.78 Å². The fraction of sp³-hybridized carbons (Fsp3) is 1.00. The Morgan fingerprint density at radius 2 is 1.83 bits per heavy atom. The minimum absolute atomic E-state index is 0.169. The van der Waals surface area contributed by atoms with Gasteiger partial charge >= 0.3 is 0 Å². The predicted octanol–water partition coefficient (Wildman–Crippen LogP) is 2.42. The minimum atomic E-state index is -2.49. The molecule has 72 valence electrons. The van der Waals surface area contributed by atoms with Crippen molar-refractivity contribution in [1.29, 1.82) is 0 Å². The number of alkyl halides is 2. The normalized spacial score (nSPS) is 21.2. The third kappa shape index (κ3) is 2.41. The highest BCUT2D eigenvalue weighted by Gasteiger charge is 2.38. The number of halogens is 2. The van der Waals surface area contributed by atoms with Crippen molar-refractivity contribution in [3.05, 3.63) is 0 Å². The molecule has 0 heterocycles. The number of rotatable bonds is 3. The van der Waals surface area contributed by atoms with Gasteiger partial charge in [0, 0.05) is 5.92 Å². The van der Waals surface area contributed by atoms with Gasteiger partial charge in [0.1, 0.15) is 0 Å². The molecule has 1 fully saturated rings. The summed E-state index contributed by atoms with van der Waals surface area (Å²) in [6, 6.07) is 0. The van der Waals surface area contributed by atoms with Gasteiger partial charge in [-0.05, 0) is 19.9 Å². The lowest BCUT2D eigenvalue weighted by Gasteiger charge is -2.29. The van der Waals surface area contributed by atoms with E-state index in [4.69, 9.17) is 0 Å². The fourth-order valence-corrected chi connectivity index (χ4v) is 1.90. The lowest BCUT2D eigenvalue weighted by Crippen LogP contribution is -2.38. The summed E-state index contributed by atoms with van der Waals surface area (Å²) < 4.78 is 26.5. The second-order valence-corrected chi connectivity index (χ2v) is 3.63. The maximum absolute atomic E-state index is 13.2. The topological polar surface area (TPSA) is 12.0 Å². The molecule has 0 atom stereocenters. The molecule has 3 heteroatoms. The van der Waals surface area contributed by atoms with Gasteiger partial charge in [0.05, 0.1) is 6.54 Å². The summed E-state index contributed by atoms with van der Waals surface area (Å²) in [5.41, 5.74) is 0. The zero-order valence-electron chi connectivity index (χ0n) is 7.58. The van der Waals surface area contributed by atoms with Crippen LogP contribution in [0.5, 0.6) is 0 Å². The Morgan fingerprint density at radius 1 is 1.25 bits per heavy atom. The predicted molar refractivity (Wildman–Crippen MR) is 45.4 cm³/mol. The van der Waals surface area contributed by atoms with Crippen LogP contribution < -0.4 is 5.32 Å². The van der Waals surface area contributed by atoms with Crippen LogP contribution in [0.25, 0.3) is 0 Å². The van der Waals surface area contributed by atoms with Crippen LogP contribution in [0, 0.1) is 5.92 Å². The summed E-state index contributed by atoms with van der Waals surface area (Å²) in [5, 5.41) is 2.56. The molecule has 1 aliphatic rings. The fourth-order valence-electron chi connectivity index (χ4n) is 1.90. The molecule has 12 heavy (non-hydrogen) atoms. The summed E-state index contributed by atoms with van der Waals surface area (Å²) in [5.74, 6) is -2.87. The minimum Gasteiger partial charge on any atom is -0.314 e. The van der Waals surface area contributed by atoms with Gasteiger partial charge in [-0.2, -0.15) is 0 Å². The first-order valence-corrected chi connectivity index (χ1v) is 4.69.